The van der Waals surface area contributed by atoms with Gasteiger partial charge in [-0.15, -0.1) is 0 Å². The summed E-state index contributed by atoms with van der Waals surface area (Å²) in [5.74, 6) is -0.115. The Bertz CT molecular complexity index is 841. The first-order valence-electron chi connectivity index (χ1n) is 8.05. The van der Waals surface area contributed by atoms with Crippen molar-refractivity contribution < 1.29 is 9.59 Å². The Balaban J connectivity index is 1.51. The van der Waals surface area contributed by atoms with Gasteiger partial charge in [-0.3, -0.25) is 4.79 Å². The van der Waals surface area contributed by atoms with E-state index in [1.165, 1.54) is 5.56 Å². The molecule has 0 atom stereocenters. The molecule has 2 aromatic carbocycles. The zero-order valence-corrected chi connectivity index (χ0v) is 13.7. The predicted molar refractivity (Wildman–Crippen MR) is 93.7 cm³/mol. The van der Waals surface area contributed by atoms with Crippen LogP contribution in [-0.2, 0) is 17.8 Å². The van der Waals surface area contributed by atoms with Crippen LogP contribution in [0.5, 0.6) is 0 Å². The minimum absolute atomic E-state index is 0.0636. The smallest absolute Gasteiger partial charge is 0.319 e. The average molecular weight is 334 g/mol. The van der Waals surface area contributed by atoms with Gasteiger partial charge in [0.05, 0.1) is 18.2 Å². The second kappa shape index (κ2) is 7.49. The molecule has 2 aromatic rings. The number of benzene rings is 2. The van der Waals surface area contributed by atoms with E-state index >= 15 is 0 Å². The quantitative estimate of drug-likeness (QED) is 0.903. The first-order chi connectivity index (χ1) is 12.2. The molecule has 0 aliphatic carbocycles. The number of urea groups is 1. The maximum Gasteiger partial charge on any atom is 0.319 e. The molecule has 2 N–H and O–H groups in total. The van der Waals surface area contributed by atoms with Crippen LogP contribution in [0.15, 0.2) is 48.5 Å². The summed E-state index contributed by atoms with van der Waals surface area (Å²) in [5, 5.41) is 14.0. The molecule has 0 unspecified atom stereocenters. The van der Waals surface area contributed by atoms with Crippen LogP contribution in [0, 0.1) is 11.3 Å². The Kier molecular flexibility index (Phi) is 4.95. The summed E-state index contributed by atoms with van der Waals surface area (Å²) in [7, 11) is 0. The van der Waals surface area contributed by atoms with Gasteiger partial charge >= 0.3 is 6.03 Å². The molecule has 0 radical (unpaired) electrons. The Labute approximate surface area is 146 Å². The number of nitrogens with zero attached hydrogens (tertiary/aromatic N) is 2. The van der Waals surface area contributed by atoms with Crippen molar-refractivity contribution in [3.05, 3.63) is 65.2 Å². The number of hydrogen-bond donors (Lipinski definition) is 2. The number of hydrogen-bond acceptors (Lipinski definition) is 3. The number of nitrogens with one attached hydrogen (secondary N) is 2. The van der Waals surface area contributed by atoms with E-state index in [1.807, 2.05) is 24.3 Å². The van der Waals surface area contributed by atoms with Gasteiger partial charge in [-0.25, -0.2) is 4.79 Å². The summed E-state index contributed by atoms with van der Waals surface area (Å²) in [6.45, 7) is 1.16. The molecule has 0 aromatic heterocycles. The van der Waals surface area contributed by atoms with Crippen molar-refractivity contribution in [1.82, 2.24) is 10.2 Å². The monoisotopic (exact) mass is 334 g/mol. The maximum atomic E-state index is 12.3. The third-order valence-electron chi connectivity index (χ3n) is 4.13. The number of anilines is 1. The Morgan fingerprint density at radius 3 is 2.72 bits per heavy atom. The van der Waals surface area contributed by atoms with Crippen LogP contribution >= 0.6 is 0 Å². The van der Waals surface area contributed by atoms with E-state index < -0.39 is 6.03 Å². The van der Waals surface area contributed by atoms with E-state index in [2.05, 4.69) is 16.7 Å². The maximum absolute atomic E-state index is 12.3. The van der Waals surface area contributed by atoms with E-state index in [-0.39, 0.29) is 12.5 Å². The van der Waals surface area contributed by atoms with Crippen molar-refractivity contribution in [2.45, 2.75) is 13.0 Å². The number of nitriles is 1. The van der Waals surface area contributed by atoms with E-state index in [0.717, 1.165) is 12.0 Å². The van der Waals surface area contributed by atoms with Gasteiger partial charge < -0.3 is 15.5 Å². The molecular formula is C19H18N4O2. The average Bonchev–Trinajstić information content (AvgIpc) is 2.65. The molecular weight excluding hydrogens is 316 g/mol. The normalized spacial score (nSPS) is 12.7. The van der Waals surface area contributed by atoms with Gasteiger partial charge in [0.1, 0.15) is 0 Å². The lowest BCUT2D eigenvalue weighted by Gasteiger charge is -2.29. The summed E-state index contributed by atoms with van der Waals surface area (Å²) in [4.78, 5) is 26.0. The van der Waals surface area contributed by atoms with Crippen molar-refractivity contribution in [1.29, 1.82) is 5.26 Å². The van der Waals surface area contributed by atoms with Crippen molar-refractivity contribution in [2.24, 2.45) is 0 Å². The zero-order chi connectivity index (χ0) is 17.6. The minimum atomic E-state index is -0.471. The highest BCUT2D eigenvalue weighted by atomic mass is 16.2. The number of carbonyl (C=O) groups is 2. The molecule has 1 aliphatic heterocycles. The molecule has 3 rings (SSSR count). The second-order valence-electron chi connectivity index (χ2n) is 5.83. The van der Waals surface area contributed by atoms with Crippen molar-refractivity contribution in [3.8, 4) is 6.07 Å². The fourth-order valence-electron chi connectivity index (χ4n) is 2.82. The van der Waals surface area contributed by atoms with Crippen LogP contribution < -0.4 is 10.6 Å². The van der Waals surface area contributed by atoms with Crippen LogP contribution in [0.1, 0.15) is 16.7 Å². The van der Waals surface area contributed by atoms with Crippen LogP contribution in [0.4, 0.5) is 10.5 Å². The van der Waals surface area contributed by atoms with Gasteiger partial charge in [-0.1, -0.05) is 30.3 Å². The molecule has 0 fully saturated rings. The molecule has 0 saturated heterocycles. The minimum Gasteiger partial charge on any atom is -0.336 e. The Morgan fingerprint density at radius 1 is 1.12 bits per heavy atom. The Morgan fingerprint density at radius 2 is 1.92 bits per heavy atom. The zero-order valence-electron chi connectivity index (χ0n) is 13.7. The number of fused-ring (bicyclic) bond motifs is 1. The van der Waals surface area contributed by atoms with Crippen molar-refractivity contribution >= 4 is 17.6 Å². The fraction of sp³-hybridized carbons (Fsp3) is 0.211. The van der Waals surface area contributed by atoms with Gasteiger partial charge in [0.25, 0.3) is 0 Å². The molecule has 0 spiro atoms. The Hall–Kier alpha value is -3.33. The summed E-state index contributed by atoms with van der Waals surface area (Å²) < 4.78 is 0. The van der Waals surface area contributed by atoms with Crippen LogP contribution in [0.3, 0.4) is 0 Å². The van der Waals surface area contributed by atoms with E-state index in [4.69, 9.17) is 5.26 Å². The second-order valence-corrected chi connectivity index (χ2v) is 5.83. The SMILES string of the molecule is N#Cc1cccc(NC(=O)NCC(=O)N2CCc3ccccc3C2)c1. The molecule has 1 heterocycles. The highest BCUT2D eigenvalue weighted by molar-refractivity contribution is 5.92. The predicted octanol–water partition coefficient (Wildman–Crippen LogP) is 2.26. The summed E-state index contributed by atoms with van der Waals surface area (Å²) in [6, 6.07) is 16.2. The first kappa shape index (κ1) is 16.5. The molecule has 25 heavy (non-hydrogen) atoms. The lowest BCUT2D eigenvalue weighted by molar-refractivity contribution is -0.130. The third kappa shape index (κ3) is 4.15. The molecule has 1 aliphatic rings. The highest BCUT2D eigenvalue weighted by Gasteiger charge is 2.20. The number of amides is 3. The fourth-order valence-corrected chi connectivity index (χ4v) is 2.82. The van der Waals surface area contributed by atoms with Gasteiger partial charge in [-0.05, 0) is 35.7 Å². The molecule has 6 nitrogen and oxygen atoms in total. The molecule has 0 saturated carbocycles. The molecule has 6 heteroatoms. The van der Waals surface area contributed by atoms with Gasteiger partial charge in [-0.2, -0.15) is 5.26 Å². The number of carbonyl (C=O) groups excluding carboxylic acids is 2. The van der Waals surface area contributed by atoms with E-state index in [0.29, 0.717) is 24.3 Å². The summed E-state index contributed by atoms with van der Waals surface area (Å²) in [6.07, 6.45) is 0.828. The first-order valence-corrected chi connectivity index (χ1v) is 8.05. The standard InChI is InChI=1S/C19H18N4O2/c20-11-14-4-3-7-17(10-14)22-19(25)21-12-18(24)23-9-8-15-5-1-2-6-16(15)13-23/h1-7,10H,8-9,12-13H2,(H2,21,22,25). The van der Waals surface area contributed by atoms with Gasteiger partial charge in [0.2, 0.25) is 5.91 Å². The summed E-state index contributed by atoms with van der Waals surface area (Å²) in [5.41, 5.74) is 3.39. The van der Waals surface area contributed by atoms with Crippen molar-refractivity contribution in [2.75, 3.05) is 18.4 Å². The topological polar surface area (TPSA) is 85.2 Å². The van der Waals surface area contributed by atoms with Crippen molar-refractivity contribution in [3.63, 3.8) is 0 Å². The van der Waals surface area contributed by atoms with Gasteiger partial charge in [0, 0.05) is 18.8 Å². The van der Waals surface area contributed by atoms with E-state index in [9.17, 15) is 9.59 Å². The van der Waals surface area contributed by atoms with Gasteiger partial charge in [0.15, 0.2) is 0 Å². The number of rotatable bonds is 3. The largest absolute Gasteiger partial charge is 0.336 e. The molecule has 0 bridgehead atoms. The lowest BCUT2D eigenvalue weighted by atomic mass is 10.00. The molecule has 126 valence electrons. The third-order valence-corrected chi connectivity index (χ3v) is 4.13. The highest BCUT2D eigenvalue weighted by Crippen LogP contribution is 2.18. The molecule has 3 amide bonds. The van der Waals surface area contributed by atoms with Crippen LogP contribution in [-0.4, -0.2) is 29.9 Å². The van der Waals surface area contributed by atoms with E-state index in [1.54, 1.807) is 29.2 Å². The summed E-state index contributed by atoms with van der Waals surface area (Å²) >= 11 is 0. The van der Waals surface area contributed by atoms with Crippen LogP contribution in [0.25, 0.3) is 0 Å². The van der Waals surface area contributed by atoms with Crippen LogP contribution in [0.2, 0.25) is 0 Å². The lowest BCUT2D eigenvalue weighted by Crippen LogP contribution is -2.43.